The fraction of sp³-hybridized carbons (Fsp3) is 0.562. The van der Waals surface area contributed by atoms with Crippen molar-refractivity contribution in [3.63, 3.8) is 0 Å². The highest BCUT2D eigenvalue weighted by Gasteiger charge is 2.27. The number of imidazole rings is 1. The summed E-state index contributed by atoms with van der Waals surface area (Å²) < 4.78 is 1.63. The van der Waals surface area contributed by atoms with Crippen LogP contribution in [-0.2, 0) is 0 Å². The minimum Gasteiger partial charge on any atom is -0.351 e. The highest BCUT2D eigenvalue weighted by Crippen LogP contribution is 2.29. The molecule has 0 aromatic carbocycles. The van der Waals surface area contributed by atoms with E-state index >= 15 is 0 Å². The fourth-order valence-electron chi connectivity index (χ4n) is 3.30. The summed E-state index contributed by atoms with van der Waals surface area (Å²) in [6, 6.07) is 0.302. The molecular weight excluding hydrogens is 308 g/mol. The van der Waals surface area contributed by atoms with E-state index in [1.54, 1.807) is 30.8 Å². The molecule has 1 aliphatic carbocycles. The zero-order valence-corrected chi connectivity index (χ0v) is 14.2. The molecule has 0 amide bonds. The Kier molecular flexibility index (Phi) is 4.46. The van der Waals surface area contributed by atoms with Crippen LogP contribution < -0.4 is 5.32 Å². The number of nitrogens with one attached hydrogen (secondary N) is 1. The van der Waals surface area contributed by atoms with E-state index in [-0.39, 0.29) is 11.5 Å². The summed E-state index contributed by atoms with van der Waals surface area (Å²) in [5, 5.41) is 14.9. The number of nitro groups is 1. The van der Waals surface area contributed by atoms with E-state index in [0.717, 1.165) is 6.42 Å². The van der Waals surface area contributed by atoms with Crippen molar-refractivity contribution in [1.82, 2.24) is 19.5 Å². The van der Waals surface area contributed by atoms with E-state index < -0.39 is 4.92 Å². The minimum atomic E-state index is -0.433. The first-order chi connectivity index (χ1) is 11.5. The first kappa shape index (κ1) is 16.4. The average molecular weight is 330 g/mol. The summed E-state index contributed by atoms with van der Waals surface area (Å²) in [4.78, 5) is 24.0. The Morgan fingerprint density at radius 1 is 1.29 bits per heavy atom. The second-order valence-corrected chi connectivity index (χ2v) is 6.42. The van der Waals surface area contributed by atoms with E-state index in [1.165, 1.54) is 19.3 Å². The molecule has 0 aliphatic heterocycles. The van der Waals surface area contributed by atoms with E-state index in [0.29, 0.717) is 29.4 Å². The molecule has 2 heterocycles. The quantitative estimate of drug-likeness (QED) is 0.683. The van der Waals surface area contributed by atoms with Crippen LogP contribution in [0.25, 0.3) is 5.82 Å². The largest absolute Gasteiger partial charge is 0.351 e. The summed E-state index contributed by atoms with van der Waals surface area (Å²) in [5.74, 6) is 1.89. The molecule has 0 bridgehead atoms. The van der Waals surface area contributed by atoms with Gasteiger partial charge in [0.25, 0.3) is 0 Å². The first-order valence-corrected chi connectivity index (χ1v) is 8.27. The Balaban J connectivity index is 2.01. The zero-order valence-electron chi connectivity index (χ0n) is 14.2. The number of aryl methyl sites for hydroxylation is 2. The molecular formula is C16H22N6O2. The van der Waals surface area contributed by atoms with Crippen molar-refractivity contribution in [1.29, 1.82) is 0 Å². The van der Waals surface area contributed by atoms with Gasteiger partial charge in [-0.3, -0.25) is 14.7 Å². The minimum absolute atomic E-state index is 0.0849. The van der Waals surface area contributed by atoms with Crippen LogP contribution >= 0.6 is 0 Å². The standard InChI is InChI=1S/C16H22N6O2/c1-10-6-4-5-7-13(10)19-16-18-11(2)14(22(23)24)15(20-16)21-9-8-17-12(21)3/h8-10,13H,4-7H2,1-3H3,(H,18,19,20)/t10-,13?/m1/s1. The van der Waals surface area contributed by atoms with Crippen molar-refractivity contribution >= 4 is 11.6 Å². The van der Waals surface area contributed by atoms with Gasteiger partial charge in [-0.2, -0.15) is 4.98 Å². The van der Waals surface area contributed by atoms with Crippen LogP contribution in [0.3, 0.4) is 0 Å². The molecule has 1 N–H and O–H groups in total. The molecule has 2 atom stereocenters. The van der Waals surface area contributed by atoms with Crippen molar-refractivity contribution in [2.75, 3.05) is 5.32 Å². The number of rotatable bonds is 4. The van der Waals surface area contributed by atoms with Crippen LogP contribution in [0.1, 0.15) is 44.1 Å². The summed E-state index contributed by atoms with van der Waals surface area (Å²) in [7, 11) is 0. The lowest BCUT2D eigenvalue weighted by Crippen LogP contribution is -2.31. The summed E-state index contributed by atoms with van der Waals surface area (Å²) in [5.41, 5.74) is 0.266. The molecule has 3 rings (SSSR count). The highest BCUT2D eigenvalue weighted by molar-refractivity contribution is 5.54. The van der Waals surface area contributed by atoms with E-state index in [2.05, 4.69) is 27.2 Å². The van der Waals surface area contributed by atoms with Crippen LogP contribution in [0.15, 0.2) is 12.4 Å². The van der Waals surface area contributed by atoms with E-state index in [1.807, 2.05) is 0 Å². The third kappa shape index (κ3) is 3.08. The second kappa shape index (κ2) is 6.54. The van der Waals surface area contributed by atoms with Crippen LogP contribution in [0.5, 0.6) is 0 Å². The van der Waals surface area contributed by atoms with Gasteiger partial charge in [0.1, 0.15) is 11.5 Å². The Morgan fingerprint density at radius 2 is 2.04 bits per heavy atom. The molecule has 8 nitrogen and oxygen atoms in total. The third-order valence-electron chi connectivity index (χ3n) is 4.70. The van der Waals surface area contributed by atoms with Gasteiger partial charge in [0.2, 0.25) is 11.8 Å². The van der Waals surface area contributed by atoms with Crippen LogP contribution in [-0.4, -0.2) is 30.5 Å². The number of anilines is 1. The second-order valence-electron chi connectivity index (χ2n) is 6.42. The van der Waals surface area contributed by atoms with Crippen LogP contribution in [0, 0.1) is 29.9 Å². The summed E-state index contributed by atoms with van der Waals surface area (Å²) in [6.45, 7) is 5.65. The summed E-state index contributed by atoms with van der Waals surface area (Å²) in [6.07, 6.45) is 7.96. The lowest BCUT2D eigenvalue weighted by Gasteiger charge is -2.29. The molecule has 0 radical (unpaired) electrons. The Morgan fingerprint density at radius 3 is 2.67 bits per heavy atom. The van der Waals surface area contributed by atoms with Crippen molar-refractivity contribution in [3.05, 3.63) is 34.0 Å². The average Bonchev–Trinajstić information content (AvgIpc) is 2.94. The van der Waals surface area contributed by atoms with Crippen LogP contribution in [0.2, 0.25) is 0 Å². The summed E-state index contributed by atoms with van der Waals surface area (Å²) >= 11 is 0. The molecule has 8 heteroatoms. The van der Waals surface area contributed by atoms with E-state index in [9.17, 15) is 10.1 Å². The molecule has 1 aliphatic rings. The van der Waals surface area contributed by atoms with Crippen molar-refractivity contribution in [3.8, 4) is 5.82 Å². The maximum absolute atomic E-state index is 11.5. The Hall–Kier alpha value is -2.51. The van der Waals surface area contributed by atoms with Gasteiger partial charge >= 0.3 is 5.69 Å². The normalized spacial score (nSPS) is 20.8. The molecule has 2 aromatic heterocycles. The maximum atomic E-state index is 11.5. The zero-order chi connectivity index (χ0) is 17.3. The van der Waals surface area contributed by atoms with Gasteiger partial charge in [0.05, 0.1) is 4.92 Å². The number of aromatic nitrogens is 4. The number of nitrogens with zero attached hydrogens (tertiary/aromatic N) is 5. The Labute approximate surface area is 140 Å². The molecule has 1 unspecified atom stereocenters. The smallest absolute Gasteiger partial charge is 0.333 e. The fourth-order valence-corrected chi connectivity index (χ4v) is 3.30. The maximum Gasteiger partial charge on any atom is 0.333 e. The van der Waals surface area contributed by atoms with Gasteiger partial charge < -0.3 is 5.32 Å². The molecule has 2 aromatic rings. The van der Waals surface area contributed by atoms with Crippen molar-refractivity contribution in [2.24, 2.45) is 5.92 Å². The predicted molar refractivity (Wildman–Crippen MR) is 90.3 cm³/mol. The van der Waals surface area contributed by atoms with Gasteiger partial charge in [0, 0.05) is 18.4 Å². The van der Waals surface area contributed by atoms with Gasteiger partial charge in [-0.25, -0.2) is 9.97 Å². The highest BCUT2D eigenvalue weighted by atomic mass is 16.6. The first-order valence-electron chi connectivity index (χ1n) is 8.27. The van der Waals surface area contributed by atoms with Crippen LogP contribution in [0.4, 0.5) is 11.6 Å². The van der Waals surface area contributed by atoms with Gasteiger partial charge in [-0.15, -0.1) is 0 Å². The van der Waals surface area contributed by atoms with Gasteiger partial charge in [-0.05, 0) is 32.6 Å². The number of hydrogen-bond donors (Lipinski definition) is 1. The molecule has 0 spiro atoms. The van der Waals surface area contributed by atoms with Gasteiger partial charge in [-0.1, -0.05) is 19.8 Å². The SMILES string of the molecule is Cc1nc(NC2CCCC[C@H]2C)nc(-n2ccnc2C)c1[N+](=O)[O-]. The van der Waals surface area contributed by atoms with Gasteiger partial charge in [0.15, 0.2) is 0 Å². The van der Waals surface area contributed by atoms with Crippen molar-refractivity contribution < 1.29 is 4.92 Å². The van der Waals surface area contributed by atoms with Crippen molar-refractivity contribution in [2.45, 2.75) is 52.5 Å². The topological polar surface area (TPSA) is 98.8 Å². The van der Waals surface area contributed by atoms with E-state index in [4.69, 9.17) is 0 Å². The molecule has 1 fully saturated rings. The third-order valence-corrected chi connectivity index (χ3v) is 4.70. The lowest BCUT2D eigenvalue weighted by molar-refractivity contribution is -0.385. The molecule has 0 saturated heterocycles. The Bertz CT molecular complexity index is 757. The molecule has 1 saturated carbocycles. The predicted octanol–water partition coefficient (Wildman–Crippen LogP) is 3.18. The molecule has 24 heavy (non-hydrogen) atoms. The molecule has 128 valence electrons. The monoisotopic (exact) mass is 330 g/mol. The lowest BCUT2D eigenvalue weighted by atomic mass is 9.86. The number of hydrogen-bond acceptors (Lipinski definition) is 6.